The molecule has 2 radical (unpaired) electrons. The standard InChI is InChI=1S/C16H14BClFN2O6PS.C2H6/c17-16(23,27-28-24-7-8-5-9(18)1-2-11(8)26-28)12-3-4-13(25-12)21-6-10(19)14(22)20-15(21)29;1-2/h1-2,5-6,12-13,23H,3-4,7H2,(H,20,22,29);1-2H3. The molecule has 8 nitrogen and oxygen atoms in total. The smallest absolute Gasteiger partial charge is 0.399 e. The van der Waals surface area contributed by atoms with Crippen LogP contribution in [-0.2, 0) is 20.4 Å². The topological polar surface area (TPSA) is 94.9 Å². The van der Waals surface area contributed by atoms with Gasteiger partial charge in [0.1, 0.15) is 18.1 Å². The number of aromatic nitrogens is 2. The van der Waals surface area contributed by atoms with Gasteiger partial charge in [-0.1, -0.05) is 25.4 Å². The van der Waals surface area contributed by atoms with Crippen LogP contribution in [-0.4, -0.2) is 34.3 Å². The molecule has 1 fully saturated rings. The number of hydrogen-bond acceptors (Lipinski definition) is 7. The number of rotatable bonds is 4. The number of fused-ring (bicyclic) bond motifs is 1. The molecule has 2 aliphatic rings. The third-order valence-electron chi connectivity index (χ3n) is 4.43. The van der Waals surface area contributed by atoms with Gasteiger partial charge in [-0.3, -0.25) is 23.4 Å². The van der Waals surface area contributed by atoms with Gasteiger partial charge in [-0.2, -0.15) is 4.39 Å². The molecule has 4 unspecified atom stereocenters. The highest BCUT2D eigenvalue weighted by molar-refractivity contribution is 7.71. The highest BCUT2D eigenvalue weighted by Crippen LogP contribution is 2.51. The third-order valence-corrected chi connectivity index (χ3v) is 6.11. The summed E-state index contributed by atoms with van der Waals surface area (Å²) >= 11 is 11.0. The monoisotopic (exact) mass is 488 g/mol. The number of ether oxygens (including phenoxy) is 1. The maximum Gasteiger partial charge on any atom is 0.399 e. The van der Waals surface area contributed by atoms with Gasteiger partial charge in [-0.15, -0.1) is 0 Å². The van der Waals surface area contributed by atoms with E-state index in [-0.39, 0.29) is 17.8 Å². The number of benzene rings is 1. The minimum atomic E-state index is -2.23. The molecule has 0 spiro atoms. The average Bonchev–Trinajstić information content (AvgIpc) is 3.23. The summed E-state index contributed by atoms with van der Waals surface area (Å²) < 4.78 is 37.0. The summed E-state index contributed by atoms with van der Waals surface area (Å²) in [5.74, 6) is -0.487. The lowest BCUT2D eigenvalue weighted by atomic mass is 9.88. The second-order valence-electron chi connectivity index (χ2n) is 6.48. The van der Waals surface area contributed by atoms with E-state index in [2.05, 4.69) is 4.98 Å². The van der Waals surface area contributed by atoms with E-state index < -0.39 is 38.0 Å². The Morgan fingerprint density at radius 3 is 2.94 bits per heavy atom. The fourth-order valence-corrected chi connectivity index (χ4v) is 4.55. The van der Waals surface area contributed by atoms with Crippen LogP contribution in [0.5, 0.6) is 5.75 Å². The predicted octanol–water partition coefficient (Wildman–Crippen LogP) is 4.07. The molecule has 2 aromatic rings. The van der Waals surface area contributed by atoms with Gasteiger partial charge in [0.25, 0.3) is 5.56 Å². The van der Waals surface area contributed by atoms with E-state index in [4.69, 9.17) is 50.0 Å². The summed E-state index contributed by atoms with van der Waals surface area (Å²) in [6.45, 7) is 4.18. The van der Waals surface area contributed by atoms with E-state index in [0.29, 0.717) is 17.2 Å². The Hall–Kier alpha value is -1.33. The summed E-state index contributed by atoms with van der Waals surface area (Å²) in [5, 5.41) is 11.1. The van der Waals surface area contributed by atoms with Crippen LogP contribution in [0.2, 0.25) is 5.02 Å². The summed E-state index contributed by atoms with van der Waals surface area (Å²) in [7, 11) is 3.92. The van der Waals surface area contributed by atoms with E-state index in [9.17, 15) is 14.3 Å². The van der Waals surface area contributed by atoms with Crippen molar-refractivity contribution in [3.05, 3.63) is 55.9 Å². The Morgan fingerprint density at radius 2 is 2.19 bits per heavy atom. The maximum atomic E-state index is 13.6. The Bertz CT molecular complexity index is 1050. The van der Waals surface area contributed by atoms with E-state index in [1.54, 1.807) is 18.2 Å². The van der Waals surface area contributed by atoms with Gasteiger partial charge in [-0.25, -0.2) is 0 Å². The molecule has 0 bridgehead atoms. The molecular formula is C18H20BClFN2O6PS. The van der Waals surface area contributed by atoms with Crippen LogP contribution in [0.3, 0.4) is 0 Å². The van der Waals surface area contributed by atoms with Gasteiger partial charge in [0.2, 0.25) is 5.82 Å². The van der Waals surface area contributed by atoms with Crippen molar-refractivity contribution in [2.24, 2.45) is 0 Å². The molecule has 0 aliphatic carbocycles. The van der Waals surface area contributed by atoms with Gasteiger partial charge in [0.15, 0.2) is 18.3 Å². The highest BCUT2D eigenvalue weighted by Gasteiger charge is 2.43. The number of aromatic amines is 1. The second-order valence-corrected chi connectivity index (χ2v) is 8.38. The van der Waals surface area contributed by atoms with Gasteiger partial charge >= 0.3 is 8.60 Å². The molecule has 1 saturated heterocycles. The predicted molar refractivity (Wildman–Crippen MR) is 116 cm³/mol. The Balaban J connectivity index is 0.00000132. The summed E-state index contributed by atoms with van der Waals surface area (Å²) in [6, 6.07) is 5.03. The van der Waals surface area contributed by atoms with Crippen LogP contribution in [0.4, 0.5) is 4.39 Å². The molecule has 2 aliphatic heterocycles. The van der Waals surface area contributed by atoms with Crippen LogP contribution >= 0.6 is 32.4 Å². The third kappa shape index (κ3) is 5.54. The zero-order valence-corrected chi connectivity index (χ0v) is 19.2. The van der Waals surface area contributed by atoms with Crippen LogP contribution in [0.15, 0.2) is 29.2 Å². The molecular weight excluding hydrogens is 469 g/mol. The van der Waals surface area contributed by atoms with E-state index in [0.717, 1.165) is 11.8 Å². The SMILES string of the molecule is CC.[B]C(O)(OP1OCc2cc(Cl)ccc2O1)C1CCC(n2cc(F)c(=O)[nH]c2=S)O1. The lowest BCUT2D eigenvalue weighted by Crippen LogP contribution is -2.44. The minimum Gasteiger partial charge on any atom is -0.426 e. The van der Waals surface area contributed by atoms with Crippen molar-refractivity contribution in [1.82, 2.24) is 9.55 Å². The first-order valence-corrected chi connectivity index (χ1v) is 11.4. The van der Waals surface area contributed by atoms with Crippen molar-refractivity contribution in [3.8, 4) is 5.75 Å². The molecule has 1 aromatic heterocycles. The number of aliphatic hydroxyl groups is 1. The minimum absolute atomic E-state index is 0.0119. The van der Waals surface area contributed by atoms with Gasteiger partial charge in [0, 0.05) is 10.6 Å². The van der Waals surface area contributed by atoms with Crippen molar-refractivity contribution < 1.29 is 27.8 Å². The molecule has 3 heterocycles. The normalized spacial score (nSPS) is 24.4. The molecule has 31 heavy (non-hydrogen) atoms. The fraction of sp³-hybridized carbons (Fsp3) is 0.444. The largest absolute Gasteiger partial charge is 0.426 e. The first kappa shape index (κ1) is 24.3. The number of H-pyrrole nitrogens is 1. The van der Waals surface area contributed by atoms with Crippen molar-refractivity contribution in [2.75, 3.05) is 0 Å². The second kappa shape index (κ2) is 10.1. The van der Waals surface area contributed by atoms with Crippen LogP contribution < -0.4 is 10.1 Å². The van der Waals surface area contributed by atoms with E-state index in [1.807, 2.05) is 13.8 Å². The number of nitrogens with one attached hydrogen (secondary N) is 1. The quantitative estimate of drug-likeness (QED) is 0.290. The Labute approximate surface area is 190 Å². The van der Waals surface area contributed by atoms with Gasteiger partial charge in [0.05, 0.1) is 12.8 Å². The Morgan fingerprint density at radius 1 is 1.45 bits per heavy atom. The lowest BCUT2D eigenvalue weighted by molar-refractivity contribution is -0.172. The average molecular weight is 489 g/mol. The van der Waals surface area contributed by atoms with Crippen molar-refractivity contribution in [2.45, 2.75) is 51.3 Å². The van der Waals surface area contributed by atoms with E-state index >= 15 is 0 Å². The van der Waals surface area contributed by atoms with Crippen LogP contribution in [0, 0.1) is 10.6 Å². The molecule has 4 atom stereocenters. The Kier molecular flexibility index (Phi) is 7.91. The van der Waals surface area contributed by atoms with Crippen molar-refractivity contribution in [3.63, 3.8) is 0 Å². The molecule has 4 rings (SSSR count). The van der Waals surface area contributed by atoms with Crippen LogP contribution in [0.25, 0.3) is 0 Å². The summed E-state index contributed by atoms with van der Waals surface area (Å²) in [5.41, 5.74) is -2.41. The van der Waals surface area contributed by atoms with E-state index in [1.165, 1.54) is 4.57 Å². The maximum absolute atomic E-state index is 13.6. The molecule has 166 valence electrons. The van der Waals surface area contributed by atoms with Crippen molar-refractivity contribution in [1.29, 1.82) is 0 Å². The summed E-state index contributed by atoms with van der Waals surface area (Å²) in [4.78, 5) is 13.5. The van der Waals surface area contributed by atoms with Crippen molar-refractivity contribution >= 4 is 40.3 Å². The summed E-state index contributed by atoms with van der Waals surface area (Å²) in [6.07, 6.45) is -0.111. The lowest BCUT2D eigenvalue weighted by Gasteiger charge is -2.34. The number of halogens is 2. The first-order valence-electron chi connectivity index (χ1n) is 9.49. The fourth-order valence-electron chi connectivity index (χ4n) is 3.01. The zero-order valence-electron chi connectivity index (χ0n) is 16.7. The zero-order chi connectivity index (χ0) is 22.8. The molecule has 2 N–H and O–H groups in total. The van der Waals surface area contributed by atoms with Gasteiger partial charge in [-0.05, 0) is 43.3 Å². The molecule has 0 saturated carbocycles. The molecule has 13 heteroatoms. The number of hydrogen-bond donors (Lipinski definition) is 2. The van der Waals surface area contributed by atoms with Crippen LogP contribution in [0.1, 0.15) is 38.5 Å². The highest BCUT2D eigenvalue weighted by atomic mass is 35.5. The first-order chi connectivity index (χ1) is 14.7. The van der Waals surface area contributed by atoms with Gasteiger partial charge < -0.3 is 14.4 Å². The number of nitrogens with zero attached hydrogens (tertiary/aromatic N) is 1. The molecule has 0 amide bonds. The molecule has 1 aromatic carbocycles.